The van der Waals surface area contributed by atoms with Gasteiger partial charge in [-0.05, 0) is 43.3 Å². The van der Waals surface area contributed by atoms with Crippen molar-refractivity contribution < 1.29 is 13.6 Å². The average Bonchev–Trinajstić information content (AvgIpc) is 2.76. The number of anilines is 1. The van der Waals surface area contributed by atoms with Gasteiger partial charge in [0.1, 0.15) is 11.4 Å². The second kappa shape index (κ2) is 5.22. The second-order valence-electron chi connectivity index (χ2n) is 4.66. The van der Waals surface area contributed by atoms with E-state index in [-0.39, 0.29) is 11.6 Å². The van der Waals surface area contributed by atoms with Gasteiger partial charge in [-0.1, -0.05) is 17.7 Å². The fourth-order valence-corrected chi connectivity index (χ4v) is 2.35. The van der Waals surface area contributed by atoms with Crippen LogP contribution in [0.25, 0.3) is 11.0 Å². The maximum atomic E-state index is 13.3. The number of amides is 1. The zero-order valence-electron chi connectivity index (χ0n) is 11.1. The molecule has 0 saturated heterocycles. The minimum Gasteiger partial charge on any atom is -0.451 e. The van der Waals surface area contributed by atoms with Crippen molar-refractivity contribution in [2.45, 2.75) is 6.92 Å². The van der Waals surface area contributed by atoms with E-state index in [4.69, 9.17) is 16.0 Å². The van der Waals surface area contributed by atoms with Crippen molar-refractivity contribution in [1.29, 1.82) is 0 Å². The zero-order valence-corrected chi connectivity index (χ0v) is 11.9. The van der Waals surface area contributed by atoms with Crippen molar-refractivity contribution in [1.82, 2.24) is 0 Å². The average molecular weight is 304 g/mol. The van der Waals surface area contributed by atoms with Crippen molar-refractivity contribution in [2.75, 3.05) is 5.32 Å². The molecule has 3 aromatic rings. The SMILES string of the molecule is Cc1c(C(=O)Nc2cccc(Cl)c2)oc2ccc(F)cc12. The van der Waals surface area contributed by atoms with Crippen LogP contribution in [-0.2, 0) is 0 Å². The molecule has 1 aromatic heterocycles. The number of halogens is 2. The molecule has 0 saturated carbocycles. The molecule has 3 rings (SSSR count). The molecule has 0 spiro atoms. The van der Waals surface area contributed by atoms with E-state index in [2.05, 4.69) is 5.32 Å². The Morgan fingerprint density at radius 2 is 2.05 bits per heavy atom. The van der Waals surface area contributed by atoms with Gasteiger partial charge in [-0.15, -0.1) is 0 Å². The van der Waals surface area contributed by atoms with Crippen LogP contribution in [0.1, 0.15) is 16.1 Å². The smallest absolute Gasteiger partial charge is 0.291 e. The molecule has 5 heteroatoms. The van der Waals surface area contributed by atoms with Gasteiger partial charge in [0, 0.05) is 21.7 Å². The third-order valence-corrected chi connectivity index (χ3v) is 3.42. The van der Waals surface area contributed by atoms with Crippen LogP contribution in [-0.4, -0.2) is 5.91 Å². The number of fused-ring (bicyclic) bond motifs is 1. The predicted molar refractivity (Wildman–Crippen MR) is 80.3 cm³/mol. The summed E-state index contributed by atoms with van der Waals surface area (Å²) in [5, 5.41) is 3.82. The van der Waals surface area contributed by atoms with E-state index in [1.165, 1.54) is 18.2 Å². The van der Waals surface area contributed by atoms with Gasteiger partial charge in [0.05, 0.1) is 0 Å². The maximum Gasteiger partial charge on any atom is 0.291 e. The van der Waals surface area contributed by atoms with Gasteiger partial charge >= 0.3 is 0 Å². The van der Waals surface area contributed by atoms with Crippen LogP contribution in [0.4, 0.5) is 10.1 Å². The molecule has 0 atom stereocenters. The number of rotatable bonds is 2. The summed E-state index contributed by atoms with van der Waals surface area (Å²) < 4.78 is 18.8. The fraction of sp³-hybridized carbons (Fsp3) is 0.0625. The fourth-order valence-electron chi connectivity index (χ4n) is 2.16. The van der Waals surface area contributed by atoms with Gasteiger partial charge in [0.15, 0.2) is 5.76 Å². The highest BCUT2D eigenvalue weighted by Gasteiger charge is 2.18. The summed E-state index contributed by atoms with van der Waals surface area (Å²) in [7, 11) is 0. The van der Waals surface area contributed by atoms with E-state index in [1.807, 2.05) is 0 Å². The Kier molecular flexibility index (Phi) is 3.39. The molecule has 2 aromatic carbocycles. The van der Waals surface area contributed by atoms with E-state index < -0.39 is 5.91 Å². The Labute approximate surface area is 125 Å². The summed E-state index contributed by atoms with van der Waals surface area (Å²) in [6.45, 7) is 1.72. The molecule has 106 valence electrons. The van der Waals surface area contributed by atoms with E-state index in [0.29, 0.717) is 27.2 Å². The lowest BCUT2D eigenvalue weighted by atomic mass is 10.1. The molecule has 21 heavy (non-hydrogen) atoms. The summed E-state index contributed by atoms with van der Waals surface area (Å²) in [4.78, 5) is 12.3. The summed E-state index contributed by atoms with van der Waals surface area (Å²) in [6, 6.07) is 11.0. The molecule has 1 N–H and O–H groups in total. The van der Waals surface area contributed by atoms with E-state index in [1.54, 1.807) is 31.2 Å². The first kappa shape index (κ1) is 13.6. The van der Waals surface area contributed by atoms with Crippen LogP contribution in [0.2, 0.25) is 5.02 Å². The van der Waals surface area contributed by atoms with Crippen molar-refractivity contribution >= 4 is 34.2 Å². The Morgan fingerprint density at radius 3 is 2.81 bits per heavy atom. The Bertz CT molecular complexity index is 841. The highest BCUT2D eigenvalue weighted by Crippen LogP contribution is 2.27. The second-order valence-corrected chi connectivity index (χ2v) is 5.10. The monoisotopic (exact) mass is 303 g/mol. The number of furan rings is 1. The van der Waals surface area contributed by atoms with Crippen molar-refractivity contribution in [3.05, 3.63) is 64.6 Å². The number of nitrogens with one attached hydrogen (secondary N) is 1. The van der Waals surface area contributed by atoms with E-state index >= 15 is 0 Å². The molecule has 0 radical (unpaired) electrons. The van der Waals surface area contributed by atoms with Gasteiger partial charge in [0.2, 0.25) is 0 Å². The third kappa shape index (κ3) is 2.62. The first-order valence-electron chi connectivity index (χ1n) is 6.30. The molecule has 0 bridgehead atoms. The van der Waals surface area contributed by atoms with E-state index in [9.17, 15) is 9.18 Å². The normalized spacial score (nSPS) is 10.8. The van der Waals surface area contributed by atoms with Crippen LogP contribution in [0.15, 0.2) is 46.9 Å². The highest BCUT2D eigenvalue weighted by atomic mass is 35.5. The molecule has 0 aliphatic heterocycles. The van der Waals surface area contributed by atoms with Crippen molar-refractivity contribution in [2.24, 2.45) is 0 Å². The summed E-state index contributed by atoms with van der Waals surface area (Å²) in [5.41, 5.74) is 1.65. The van der Waals surface area contributed by atoms with Crippen molar-refractivity contribution in [3.63, 3.8) is 0 Å². The third-order valence-electron chi connectivity index (χ3n) is 3.19. The van der Waals surface area contributed by atoms with Crippen LogP contribution in [0.3, 0.4) is 0 Å². The molecule has 0 fully saturated rings. The minimum absolute atomic E-state index is 0.163. The number of carbonyl (C=O) groups is 1. The standard InChI is InChI=1S/C16H11ClFNO2/c1-9-13-8-11(18)5-6-14(13)21-15(9)16(20)19-12-4-2-3-10(17)7-12/h2-8H,1H3,(H,19,20). The van der Waals surface area contributed by atoms with Gasteiger partial charge in [-0.3, -0.25) is 4.79 Å². The predicted octanol–water partition coefficient (Wildman–Crippen LogP) is 4.79. The first-order chi connectivity index (χ1) is 10.0. The summed E-state index contributed by atoms with van der Waals surface area (Å²) >= 11 is 5.87. The molecule has 0 aliphatic carbocycles. The van der Waals surface area contributed by atoms with Gasteiger partial charge in [-0.25, -0.2) is 4.39 Å². The van der Waals surface area contributed by atoms with Crippen LogP contribution < -0.4 is 5.32 Å². The lowest BCUT2D eigenvalue weighted by Gasteiger charge is -2.03. The summed E-state index contributed by atoms with van der Waals surface area (Å²) in [6.07, 6.45) is 0. The topological polar surface area (TPSA) is 42.2 Å². The molecular formula is C16H11ClFNO2. The van der Waals surface area contributed by atoms with Crippen LogP contribution in [0.5, 0.6) is 0 Å². The highest BCUT2D eigenvalue weighted by molar-refractivity contribution is 6.31. The Morgan fingerprint density at radius 1 is 1.24 bits per heavy atom. The van der Waals surface area contributed by atoms with Gasteiger partial charge in [-0.2, -0.15) is 0 Å². The van der Waals surface area contributed by atoms with E-state index in [0.717, 1.165) is 0 Å². The number of benzene rings is 2. The number of carbonyl (C=O) groups excluding carboxylic acids is 1. The van der Waals surface area contributed by atoms with Gasteiger partial charge < -0.3 is 9.73 Å². The molecule has 1 heterocycles. The zero-order chi connectivity index (χ0) is 15.0. The quantitative estimate of drug-likeness (QED) is 0.740. The Balaban J connectivity index is 1.96. The molecule has 0 unspecified atom stereocenters. The van der Waals surface area contributed by atoms with Crippen molar-refractivity contribution in [3.8, 4) is 0 Å². The number of hydrogen-bond acceptors (Lipinski definition) is 2. The lowest BCUT2D eigenvalue weighted by Crippen LogP contribution is -2.11. The van der Waals surface area contributed by atoms with Gasteiger partial charge in [0.25, 0.3) is 5.91 Å². The Hall–Kier alpha value is -2.33. The lowest BCUT2D eigenvalue weighted by molar-refractivity contribution is 0.0998. The number of hydrogen-bond donors (Lipinski definition) is 1. The molecule has 3 nitrogen and oxygen atoms in total. The molecule has 0 aliphatic rings. The minimum atomic E-state index is -0.397. The maximum absolute atomic E-state index is 13.3. The van der Waals surface area contributed by atoms with Crippen LogP contribution in [0, 0.1) is 12.7 Å². The summed E-state index contributed by atoms with van der Waals surface area (Å²) in [5.74, 6) is -0.602. The molecular weight excluding hydrogens is 293 g/mol. The largest absolute Gasteiger partial charge is 0.451 e. The first-order valence-corrected chi connectivity index (χ1v) is 6.68. The van der Waals surface area contributed by atoms with Crippen LogP contribution >= 0.6 is 11.6 Å². The number of aryl methyl sites for hydroxylation is 1. The molecule has 1 amide bonds.